The molecule has 0 aliphatic heterocycles. The lowest BCUT2D eigenvalue weighted by atomic mass is 10.1. The quantitative estimate of drug-likeness (QED) is 0.525. The molecular weight excluding hydrogens is 380 g/mol. The molecule has 0 radical (unpaired) electrons. The van der Waals surface area contributed by atoms with Crippen molar-refractivity contribution in [3.63, 3.8) is 0 Å². The average Bonchev–Trinajstić information content (AvgIpc) is 3.27. The molecule has 1 N–H and O–H groups in total. The molecule has 4 aromatic rings. The van der Waals surface area contributed by atoms with Gasteiger partial charge in [0.25, 0.3) is 5.56 Å². The van der Waals surface area contributed by atoms with E-state index in [0.29, 0.717) is 38.8 Å². The topological polar surface area (TPSA) is 103 Å². The molecule has 28 heavy (non-hydrogen) atoms. The van der Waals surface area contributed by atoms with Crippen molar-refractivity contribution in [1.29, 1.82) is 0 Å². The van der Waals surface area contributed by atoms with E-state index in [1.54, 1.807) is 25.4 Å². The number of nitrogens with zero attached hydrogens (tertiary/aromatic N) is 5. The second-order valence-corrected chi connectivity index (χ2v) is 7.21. The standard InChI is InChI=1S/C18H18N6O3S/c1-9-5-6-12-11(7-9)16(25)23(4)18-21-20-13(24(12)18)8-27-17(26)14-10(2)22-28-15(14)19-3/h5-7,19H,8H2,1-4H3. The van der Waals surface area contributed by atoms with Gasteiger partial charge in [0, 0.05) is 14.1 Å². The van der Waals surface area contributed by atoms with Gasteiger partial charge in [-0.2, -0.15) is 4.37 Å². The molecule has 0 saturated heterocycles. The van der Waals surface area contributed by atoms with Gasteiger partial charge < -0.3 is 10.1 Å². The summed E-state index contributed by atoms with van der Waals surface area (Å²) in [5, 5.41) is 12.4. The summed E-state index contributed by atoms with van der Waals surface area (Å²) >= 11 is 1.20. The number of esters is 1. The second kappa shape index (κ2) is 6.71. The predicted molar refractivity (Wildman–Crippen MR) is 106 cm³/mol. The maximum absolute atomic E-state index is 12.6. The Hall–Kier alpha value is -3.27. The highest BCUT2D eigenvalue weighted by Gasteiger charge is 2.21. The highest BCUT2D eigenvalue weighted by Crippen LogP contribution is 2.25. The number of anilines is 1. The van der Waals surface area contributed by atoms with Crippen molar-refractivity contribution in [1.82, 2.24) is 23.5 Å². The predicted octanol–water partition coefficient (Wildman–Crippen LogP) is 2.05. The van der Waals surface area contributed by atoms with Crippen LogP contribution in [0.5, 0.6) is 0 Å². The first-order valence-electron chi connectivity index (χ1n) is 8.57. The van der Waals surface area contributed by atoms with Crippen molar-refractivity contribution in [2.24, 2.45) is 7.05 Å². The fourth-order valence-electron chi connectivity index (χ4n) is 3.14. The largest absolute Gasteiger partial charge is 0.454 e. The number of rotatable bonds is 4. The number of benzene rings is 1. The van der Waals surface area contributed by atoms with E-state index in [1.165, 1.54) is 16.1 Å². The van der Waals surface area contributed by atoms with Crippen LogP contribution < -0.4 is 10.9 Å². The summed E-state index contributed by atoms with van der Waals surface area (Å²) in [5.74, 6) is 0.327. The van der Waals surface area contributed by atoms with E-state index in [2.05, 4.69) is 19.9 Å². The SMILES string of the molecule is CNc1snc(C)c1C(=O)OCc1nnc2n(C)c(=O)c3cc(C)ccc3n12. The average molecular weight is 398 g/mol. The van der Waals surface area contributed by atoms with Crippen LogP contribution in [-0.2, 0) is 18.4 Å². The Balaban J connectivity index is 1.76. The van der Waals surface area contributed by atoms with Crippen LogP contribution in [0.2, 0.25) is 0 Å². The van der Waals surface area contributed by atoms with Gasteiger partial charge in [-0.05, 0) is 37.5 Å². The third-order valence-corrected chi connectivity index (χ3v) is 5.52. The summed E-state index contributed by atoms with van der Waals surface area (Å²) in [6.45, 7) is 3.60. The molecule has 0 fully saturated rings. The first kappa shape index (κ1) is 18.1. The van der Waals surface area contributed by atoms with E-state index in [-0.39, 0.29) is 12.2 Å². The molecule has 0 spiro atoms. The van der Waals surface area contributed by atoms with Crippen LogP contribution >= 0.6 is 11.5 Å². The van der Waals surface area contributed by atoms with Gasteiger partial charge in [-0.3, -0.25) is 13.8 Å². The van der Waals surface area contributed by atoms with Crippen molar-refractivity contribution in [3.8, 4) is 0 Å². The summed E-state index contributed by atoms with van der Waals surface area (Å²) in [7, 11) is 3.37. The molecular formula is C18H18N6O3S. The van der Waals surface area contributed by atoms with Crippen LogP contribution in [0, 0.1) is 13.8 Å². The molecule has 1 aromatic carbocycles. The number of aryl methyl sites for hydroxylation is 3. The molecule has 3 aromatic heterocycles. The van der Waals surface area contributed by atoms with Gasteiger partial charge in [0.15, 0.2) is 12.4 Å². The smallest absolute Gasteiger partial charge is 0.343 e. The number of ether oxygens (including phenoxy) is 1. The minimum Gasteiger partial charge on any atom is -0.454 e. The molecule has 0 bridgehead atoms. The Labute approximate surface area is 163 Å². The molecule has 144 valence electrons. The van der Waals surface area contributed by atoms with Gasteiger partial charge in [0.2, 0.25) is 5.78 Å². The van der Waals surface area contributed by atoms with Crippen LogP contribution in [0.25, 0.3) is 16.7 Å². The zero-order valence-electron chi connectivity index (χ0n) is 15.8. The van der Waals surface area contributed by atoms with Crippen molar-refractivity contribution in [3.05, 3.63) is 51.2 Å². The number of aromatic nitrogens is 5. The summed E-state index contributed by atoms with van der Waals surface area (Å²) in [6.07, 6.45) is 0. The third-order valence-electron chi connectivity index (χ3n) is 4.57. The zero-order chi connectivity index (χ0) is 20.0. The summed E-state index contributed by atoms with van der Waals surface area (Å²) < 4.78 is 12.8. The highest BCUT2D eigenvalue weighted by molar-refractivity contribution is 7.10. The van der Waals surface area contributed by atoms with E-state index >= 15 is 0 Å². The van der Waals surface area contributed by atoms with Crippen molar-refractivity contribution in [2.75, 3.05) is 12.4 Å². The molecule has 4 rings (SSSR count). The monoisotopic (exact) mass is 398 g/mol. The number of carbonyl (C=O) groups excluding carboxylic acids is 1. The lowest BCUT2D eigenvalue weighted by Crippen LogP contribution is -2.20. The summed E-state index contributed by atoms with van der Waals surface area (Å²) in [4.78, 5) is 25.2. The Morgan fingerprint density at radius 3 is 2.82 bits per heavy atom. The van der Waals surface area contributed by atoms with Crippen molar-refractivity contribution >= 4 is 39.2 Å². The lowest BCUT2D eigenvalue weighted by Gasteiger charge is -2.09. The molecule has 9 nitrogen and oxygen atoms in total. The Morgan fingerprint density at radius 2 is 2.07 bits per heavy atom. The van der Waals surface area contributed by atoms with E-state index in [0.717, 1.165) is 5.56 Å². The van der Waals surface area contributed by atoms with Crippen LogP contribution in [0.1, 0.15) is 27.4 Å². The molecule has 0 atom stereocenters. The second-order valence-electron chi connectivity index (χ2n) is 6.43. The van der Waals surface area contributed by atoms with Crippen LogP contribution in [0.3, 0.4) is 0 Å². The summed E-state index contributed by atoms with van der Waals surface area (Å²) in [5.41, 5.74) is 2.51. The van der Waals surface area contributed by atoms with Gasteiger partial charge >= 0.3 is 5.97 Å². The maximum atomic E-state index is 12.6. The molecule has 0 amide bonds. The van der Waals surface area contributed by atoms with E-state index in [4.69, 9.17) is 4.74 Å². The number of carbonyl (C=O) groups is 1. The minimum absolute atomic E-state index is 0.0837. The van der Waals surface area contributed by atoms with Crippen LogP contribution in [0.4, 0.5) is 5.00 Å². The Kier molecular flexibility index (Phi) is 4.34. The minimum atomic E-state index is -0.489. The fraction of sp³-hybridized carbons (Fsp3) is 0.278. The Bertz CT molecular complexity index is 1290. The number of fused-ring (bicyclic) bond motifs is 3. The first-order valence-corrected chi connectivity index (χ1v) is 9.34. The number of nitrogens with one attached hydrogen (secondary N) is 1. The first-order chi connectivity index (χ1) is 13.4. The van der Waals surface area contributed by atoms with Crippen molar-refractivity contribution < 1.29 is 9.53 Å². The summed E-state index contributed by atoms with van der Waals surface area (Å²) in [6, 6.07) is 5.59. The molecule has 0 saturated carbocycles. The van der Waals surface area contributed by atoms with E-state index in [1.807, 2.05) is 25.1 Å². The maximum Gasteiger partial charge on any atom is 0.343 e. The van der Waals surface area contributed by atoms with Gasteiger partial charge in [0.05, 0.1) is 16.6 Å². The van der Waals surface area contributed by atoms with Crippen molar-refractivity contribution in [2.45, 2.75) is 20.5 Å². The van der Waals surface area contributed by atoms with Crippen LogP contribution in [0.15, 0.2) is 23.0 Å². The molecule has 0 aliphatic carbocycles. The molecule has 3 heterocycles. The Morgan fingerprint density at radius 1 is 1.29 bits per heavy atom. The third kappa shape index (κ3) is 2.73. The lowest BCUT2D eigenvalue weighted by molar-refractivity contribution is 0.0462. The molecule has 0 aliphatic rings. The van der Waals surface area contributed by atoms with Gasteiger partial charge in [-0.25, -0.2) is 4.79 Å². The molecule has 0 unspecified atom stereocenters. The highest BCUT2D eigenvalue weighted by atomic mass is 32.1. The van der Waals surface area contributed by atoms with Gasteiger partial charge in [0.1, 0.15) is 10.6 Å². The zero-order valence-corrected chi connectivity index (χ0v) is 16.6. The molecule has 10 heteroatoms. The number of hydrogen-bond acceptors (Lipinski definition) is 8. The van der Waals surface area contributed by atoms with Gasteiger partial charge in [-0.1, -0.05) is 11.6 Å². The number of hydrogen-bond donors (Lipinski definition) is 1. The van der Waals surface area contributed by atoms with Crippen LogP contribution in [-0.4, -0.2) is 36.6 Å². The fourth-order valence-corrected chi connectivity index (χ4v) is 3.87. The van der Waals surface area contributed by atoms with E-state index < -0.39 is 5.97 Å². The normalized spacial score (nSPS) is 11.3. The van der Waals surface area contributed by atoms with Gasteiger partial charge in [-0.15, -0.1) is 10.2 Å². The van der Waals surface area contributed by atoms with E-state index in [9.17, 15) is 9.59 Å².